The van der Waals surface area contributed by atoms with Crippen LogP contribution in [0.1, 0.15) is 26.3 Å². The van der Waals surface area contributed by atoms with Gasteiger partial charge in [0.05, 0.1) is 13.7 Å². The Balaban J connectivity index is 1.98. The monoisotopic (exact) mass is 385 g/mol. The van der Waals surface area contributed by atoms with Gasteiger partial charge in [0.25, 0.3) is 0 Å². The van der Waals surface area contributed by atoms with Crippen LogP contribution in [0.5, 0.6) is 11.5 Å². The van der Waals surface area contributed by atoms with E-state index >= 15 is 0 Å². The van der Waals surface area contributed by atoms with Crippen LogP contribution in [0.15, 0.2) is 41.5 Å². The summed E-state index contributed by atoms with van der Waals surface area (Å²) in [6.07, 6.45) is 1.90. The number of anilines is 2. The second-order valence-electron chi connectivity index (χ2n) is 6.05. The Morgan fingerprint density at radius 1 is 1.11 bits per heavy atom. The summed E-state index contributed by atoms with van der Waals surface area (Å²) < 4.78 is 10.9. The summed E-state index contributed by atoms with van der Waals surface area (Å²) in [5.41, 5.74) is 1.95. The molecule has 0 atom stereocenters. The SMILES string of the molecule is CCOc1ccc(NC(=NC)NCc2ccc(N(CC)CC)nc2)cc1OC. The van der Waals surface area contributed by atoms with E-state index in [1.54, 1.807) is 14.2 Å². The van der Waals surface area contributed by atoms with E-state index in [0.717, 1.165) is 35.9 Å². The minimum Gasteiger partial charge on any atom is -0.493 e. The summed E-state index contributed by atoms with van der Waals surface area (Å²) in [7, 11) is 3.37. The molecule has 0 spiro atoms. The Morgan fingerprint density at radius 3 is 2.46 bits per heavy atom. The molecule has 152 valence electrons. The third-order valence-electron chi connectivity index (χ3n) is 4.31. The van der Waals surface area contributed by atoms with Crippen molar-refractivity contribution in [3.8, 4) is 11.5 Å². The van der Waals surface area contributed by atoms with Crippen molar-refractivity contribution in [2.24, 2.45) is 4.99 Å². The summed E-state index contributed by atoms with van der Waals surface area (Å²) >= 11 is 0. The second-order valence-corrected chi connectivity index (χ2v) is 6.05. The molecular formula is C21H31N5O2. The van der Waals surface area contributed by atoms with Crippen LogP contribution in [-0.2, 0) is 6.54 Å². The quantitative estimate of drug-likeness (QED) is 0.508. The van der Waals surface area contributed by atoms with E-state index in [1.807, 2.05) is 31.3 Å². The van der Waals surface area contributed by atoms with Crippen LogP contribution in [0, 0.1) is 0 Å². The predicted molar refractivity (Wildman–Crippen MR) is 116 cm³/mol. The molecule has 1 aromatic carbocycles. The first kappa shape index (κ1) is 21.3. The third-order valence-corrected chi connectivity index (χ3v) is 4.31. The molecule has 0 amide bonds. The lowest BCUT2D eigenvalue weighted by Crippen LogP contribution is -2.30. The van der Waals surface area contributed by atoms with Crippen LogP contribution in [0.3, 0.4) is 0 Å². The molecule has 7 nitrogen and oxygen atoms in total. The topological polar surface area (TPSA) is 71.0 Å². The van der Waals surface area contributed by atoms with Crippen LogP contribution in [0.25, 0.3) is 0 Å². The van der Waals surface area contributed by atoms with Gasteiger partial charge < -0.3 is 25.0 Å². The van der Waals surface area contributed by atoms with Crippen LogP contribution >= 0.6 is 0 Å². The molecule has 0 radical (unpaired) electrons. The zero-order valence-electron chi connectivity index (χ0n) is 17.5. The van der Waals surface area contributed by atoms with Crippen LogP contribution in [-0.4, -0.2) is 44.8 Å². The van der Waals surface area contributed by atoms with Crippen LogP contribution in [0.4, 0.5) is 11.5 Å². The Morgan fingerprint density at radius 2 is 1.89 bits per heavy atom. The Hall–Kier alpha value is -2.96. The number of hydrogen-bond donors (Lipinski definition) is 2. The molecule has 0 saturated heterocycles. The average Bonchev–Trinajstić information content (AvgIpc) is 2.74. The number of benzene rings is 1. The Kier molecular flexibility index (Phi) is 8.39. The zero-order chi connectivity index (χ0) is 20.4. The third kappa shape index (κ3) is 5.77. The smallest absolute Gasteiger partial charge is 0.195 e. The summed E-state index contributed by atoms with van der Waals surface area (Å²) in [4.78, 5) is 11.1. The van der Waals surface area contributed by atoms with Gasteiger partial charge in [0.1, 0.15) is 5.82 Å². The normalized spacial score (nSPS) is 11.1. The summed E-state index contributed by atoms with van der Waals surface area (Å²) in [6.45, 7) is 9.32. The van der Waals surface area contributed by atoms with E-state index in [0.29, 0.717) is 24.9 Å². The highest BCUT2D eigenvalue weighted by Crippen LogP contribution is 2.30. The number of nitrogens with one attached hydrogen (secondary N) is 2. The van der Waals surface area contributed by atoms with Gasteiger partial charge in [-0.25, -0.2) is 4.98 Å². The average molecular weight is 386 g/mol. The summed E-state index contributed by atoms with van der Waals surface area (Å²) in [6, 6.07) is 9.84. The van der Waals surface area contributed by atoms with Gasteiger partial charge in [0.15, 0.2) is 17.5 Å². The number of aromatic nitrogens is 1. The van der Waals surface area contributed by atoms with E-state index in [-0.39, 0.29) is 0 Å². The van der Waals surface area contributed by atoms with Crippen molar-refractivity contribution in [2.45, 2.75) is 27.3 Å². The van der Waals surface area contributed by atoms with Crippen molar-refractivity contribution < 1.29 is 9.47 Å². The molecule has 2 N–H and O–H groups in total. The molecule has 0 aliphatic rings. The van der Waals surface area contributed by atoms with Gasteiger partial charge in [-0.2, -0.15) is 0 Å². The highest BCUT2D eigenvalue weighted by molar-refractivity contribution is 5.93. The summed E-state index contributed by atoms with van der Waals surface area (Å²) in [5.74, 6) is 3.06. The van der Waals surface area contributed by atoms with E-state index in [4.69, 9.17) is 9.47 Å². The van der Waals surface area contributed by atoms with Crippen molar-refractivity contribution in [3.63, 3.8) is 0 Å². The highest BCUT2D eigenvalue weighted by atomic mass is 16.5. The molecule has 0 saturated carbocycles. The van der Waals surface area contributed by atoms with E-state index < -0.39 is 0 Å². The molecule has 0 aliphatic carbocycles. The number of pyridine rings is 1. The van der Waals surface area contributed by atoms with E-state index in [2.05, 4.69) is 51.5 Å². The van der Waals surface area contributed by atoms with Crippen molar-refractivity contribution in [1.29, 1.82) is 0 Å². The van der Waals surface area contributed by atoms with Crippen molar-refractivity contribution in [2.75, 3.05) is 44.1 Å². The van der Waals surface area contributed by atoms with Crippen molar-refractivity contribution >= 4 is 17.5 Å². The fourth-order valence-corrected chi connectivity index (χ4v) is 2.78. The molecular weight excluding hydrogens is 354 g/mol. The van der Waals surface area contributed by atoms with Gasteiger partial charge in [-0.05, 0) is 44.5 Å². The van der Waals surface area contributed by atoms with Gasteiger partial charge in [0, 0.05) is 44.6 Å². The van der Waals surface area contributed by atoms with Gasteiger partial charge in [0.2, 0.25) is 0 Å². The lowest BCUT2D eigenvalue weighted by atomic mass is 10.2. The van der Waals surface area contributed by atoms with Crippen LogP contribution in [0.2, 0.25) is 0 Å². The predicted octanol–water partition coefficient (Wildman–Crippen LogP) is 3.52. The number of rotatable bonds is 9. The maximum Gasteiger partial charge on any atom is 0.195 e. The first-order chi connectivity index (χ1) is 13.6. The molecule has 1 aromatic heterocycles. The summed E-state index contributed by atoms with van der Waals surface area (Å²) in [5, 5.41) is 6.57. The molecule has 1 heterocycles. The van der Waals surface area contributed by atoms with Gasteiger partial charge >= 0.3 is 0 Å². The number of aliphatic imine (C=N–C) groups is 1. The zero-order valence-corrected chi connectivity index (χ0v) is 17.5. The maximum absolute atomic E-state index is 5.55. The molecule has 28 heavy (non-hydrogen) atoms. The molecule has 2 aromatic rings. The Labute approximate surface area is 167 Å². The standard InChI is InChI=1S/C21H31N5O2/c1-6-26(7-2)20-12-9-16(14-23-20)15-24-21(22-4)25-17-10-11-18(28-8-3)19(13-17)27-5/h9-14H,6-8,15H2,1-5H3,(H2,22,24,25). The number of hydrogen-bond acceptors (Lipinski definition) is 5. The minimum absolute atomic E-state index is 0.591. The highest BCUT2D eigenvalue weighted by Gasteiger charge is 2.07. The van der Waals surface area contributed by atoms with E-state index in [1.165, 1.54) is 0 Å². The molecule has 0 bridgehead atoms. The van der Waals surface area contributed by atoms with Crippen molar-refractivity contribution in [3.05, 3.63) is 42.1 Å². The first-order valence-electron chi connectivity index (χ1n) is 9.63. The molecule has 0 aliphatic heterocycles. The van der Waals surface area contributed by atoms with Gasteiger partial charge in [-0.3, -0.25) is 4.99 Å². The fourth-order valence-electron chi connectivity index (χ4n) is 2.78. The maximum atomic E-state index is 5.55. The van der Waals surface area contributed by atoms with E-state index in [9.17, 15) is 0 Å². The fraction of sp³-hybridized carbons (Fsp3) is 0.429. The molecule has 2 rings (SSSR count). The van der Waals surface area contributed by atoms with Crippen molar-refractivity contribution in [1.82, 2.24) is 10.3 Å². The first-order valence-corrected chi connectivity index (χ1v) is 9.63. The number of nitrogens with zero attached hydrogens (tertiary/aromatic N) is 3. The lowest BCUT2D eigenvalue weighted by molar-refractivity contribution is 0.311. The second kappa shape index (κ2) is 11.0. The number of guanidine groups is 1. The molecule has 0 fully saturated rings. The molecule has 7 heteroatoms. The Bertz CT molecular complexity index is 758. The van der Waals surface area contributed by atoms with Gasteiger partial charge in [-0.1, -0.05) is 6.07 Å². The van der Waals surface area contributed by atoms with Crippen LogP contribution < -0.4 is 25.0 Å². The number of ether oxygens (including phenoxy) is 2. The van der Waals surface area contributed by atoms with Gasteiger partial charge in [-0.15, -0.1) is 0 Å². The minimum atomic E-state index is 0.591. The number of methoxy groups -OCH3 is 1. The molecule has 0 unspecified atom stereocenters. The largest absolute Gasteiger partial charge is 0.493 e. The lowest BCUT2D eigenvalue weighted by Gasteiger charge is -2.19.